The first-order valence-corrected chi connectivity index (χ1v) is 10.2. The zero-order valence-corrected chi connectivity index (χ0v) is 16.9. The molecule has 5 nitrogen and oxygen atoms in total. The molecule has 4 rings (SSSR count). The van der Waals surface area contributed by atoms with Gasteiger partial charge >= 0.3 is 0 Å². The molecule has 0 saturated carbocycles. The SMILES string of the molecule is CC(=O)c1ccc(C2(OC3(c4ccc(C(C)=O)cc4)CCCO3)CCCO2)cc1. The second kappa shape index (κ2) is 7.82. The fourth-order valence-electron chi connectivity index (χ4n) is 4.15. The minimum absolute atomic E-state index is 0.0278. The molecule has 0 N–H and O–H groups in total. The topological polar surface area (TPSA) is 61.8 Å². The summed E-state index contributed by atoms with van der Waals surface area (Å²) in [6.45, 7) is 4.32. The van der Waals surface area contributed by atoms with Crippen LogP contribution in [0.4, 0.5) is 0 Å². The lowest BCUT2D eigenvalue weighted by molar-refractivity contribution is -0.350. The molecular formula is C24H26O5. The van der Waals surface area contributed by atoms with E-state index in [0.29, 0.717) is 37.2 Å². The number of rotatable bonds is 6. The minimum Gasteiger partial charge on any atom is -0.346 e. The van der Waals surface area contributed by atoms with Gasteiger partial charge in [-0.3, -0.25) is 9.59 Å². The van der Waals surface area contributed by atoms with E-state index in [9.17, 15) is 9.59 Å². The van der Waals surface area contributed by atoms with Crippen molar-refractivity contribution < 1.29 is 23.8 Å². The van der Waals surface area contributed by atoms with Crippen molar-refractivity contribution in [1.29, 1.82) is 0 Å². The van der Waals surface area contributed by atoms with Crippen LogP contribution < -0.4 is 0 Å². The normalized spacial score (nSPS) is 26.6. The molecule has 152 valence electrons. The van der Waals surface area contributed by atoms with Crippen molar-refractivity contribution in [2.75, 3.05) is 13.2 Å². The van der Waals surface area contributed by atoms with Gasteiger partial charge in [0.15, 0.2) is 23.1 Å². The molecule has 5 heteroatoms. The number of hydrogen-bond acceptors (Lipinski definition) is 5. The van der Waals surface area contributed by atoms with Gasteiger partial charge in [-0.25, -0.2) is 0 Å². The van der Waals surface area contributed by atoms with Crippen LogP contribution in [0.2, 0.25) is 0 Å². The molecule has 2 aliphatic heterocycles. The van der Waals surface area contributed by atoms with Gasteiger partial charge in [-0.1, -0.05) is 48.5 Å². The Morgan fingerprint density at radius 3 is 1.38 bits per heavy atom. The van der Waals surface area contributed by atoms with Crippen LogP contribution in [0.15, 0.2) is 48.5 Å². The summed E-state index contributed by atoms with van der Waals surface area (Å²) >= 11 is 0. The molecular weight excluding hydrogens is 368 g/mol. The summed E-state index contributed by atoms with van der Waals surface area (Å²) in [6.07, 6.45) is 3.19. The average Bonchev–Trinajstić information content (AvgIpc) is 3.39. The summed E-state index contributed by atoms with van der Waals surface area (Å²) in [7, 11) is 0. The highest BCUT2D eigenvalue weighted by atomic mass is 16.8. The van der Waals surface area contributed by atoms with Crippen LogP contribution in [0.25, 0.3) is 0 Å². The Kier molecular flexibility index (Phi) is 5.38. The van der Waals surface area contributed by atoms with E-state index in [1.807, 2.05) is 48.5 Å². The molecule has 2 aromatic carbocycles. The second-order valence-corrected chi connectivity index (χ2v) is 7.78. The van der Waals surface area contributed by atoms with Crippen LogP contribution >= 0.6 is 0 Å². The minimum atomic E-state index is -0.918. The third kappa shape index (κ3) is 3.78. The Hall–Kier alpha value is -2.34. The molecule has 29 heavy (non-hydrogen) atoms. The predicted octanol–water partition coefficient (Wildman–Crippen LogP) is 4.74. The van der Waals surface area contributed by atoms with Gasteiger partial charge in [-0.2, -0.15) is 0 Å². The largest absolute Gasteiger partial charge is 0.346 e. The number of ketones is 2. The maximum Gasteiger partial charge on any atom is 0.198 e. The first-order valence-electron chi connectivity index (χ1n) is 10.2. The van der Waals surface area contributed by atoms with Gasteiger partial charge in [-0.15, -0.1) is 0 Å². The van der Waals surface area contributed by atoms with Crippen molar-refractivity contribution in [2.24, 2.45) is 0 Å². The Balaban J connectivity index is 1.69. The quantitative estimate of drug-likeness (QED) is 0.663. The van der Waals surface area contributed by atoms with E-state index in [1.165, 1.54) is 0 Å². The van der Waals surface area contributed by atoms with Crippen LogP contribution in [-0.2, 0) is 25.8 Å². The molecule has 2 fully saturated rings. The molecule has 2 unspecified atom stereocenters. The molecule has 2 aromatic rings. The molecule has 0 bridgehead atoms. The molecule has 2 aliphatic rings. The van der Waals surface area contributed by atoms with Gasteiger partial charge in [0.2, 0.25) is 0 Å². The van der Waals surface area contributed by atoms with E-state index >= 15 is 0 Å². The fourth-order valence-corrected chi connectivity index (χ4v) is 4.15. The zero-order chi connectivity index (χ0) is 20.5. The van der Waals surface area contributed by atoms with Gasteiger partial charge in [0, 0.05) is 35.1 Å². The third-order valence-electron chi connectivity index (χ3n) is 5.76. The number of Topliss-reactive ketones (excluding diaryl/α,β-unsaturated/α-hetero) is 2. The van der Waals surface area contributed by atoms with Crippen LogP contribution in [0, 0.1) is 0 Å². The lowest BCUT2D eigenvalue weighted by Crippen LogP contribution is -2.40. The highest BCUT2D eigenvalue weighted by molar-refractivity contribution is 5.94. The summed E-state index contributed by atoms with van der Waals surface area (Å²) in [5.41, 5.74) is 3.09. The molecule has 2 atom stereocenters. The Bertz CT molecular complexity index is 810. The number of hydrogen-bond donors (Lipinski definition) is 0. The second-order valence-electron chi connectivity index (χ2n) is 7.78. The molecule has 0 aliphatic carbocycles. The standard InChI is InChI=1S/C24H26O5/c1-17(25)19-5-9-21(10-6-19)23(13-3-15-27-23)29-24(14-4-16-28-24)22-11-7-20(8-12-22)18(2)26/h5-12H,3-4,13-16H2,1-2H3. The van der Waals surface area contributed by atoms with Gasteiger partial charge < -0.3 is 14.2 Å². The van der Waals surface area contributed by atoms with Crippen molar-refractivity contribution in [3.63, 3.8) is 0 Å². The van der Waals surface area contributed by atoms with E-state index in [1.54, 1.807) is 13.8 Å². The van der Waals surface area contributed by atoms with Gasteiger partial charge in [-0.05, 0) is 26.7 Å². The first kappa shape index (κ1) is 20.0. The highest BCUT2D eigenvalue weighted by Gasteiger charge is 2.49. The molecule has 0 aromatic heterocycles. The van der Waals surface area contributed by atoms with Gasteiger partial charge in [0.05, 0.1) is 13.2 Å². The summed E-state index contributed by atoms with van der Waals surface area (Å²) < 4.78 is 19.0. The maximum atomic E-state index is 11.6. The predicted molar refractivity (Wildman–Crippen MR) is 108 cm³/mol. The molecule has 0 amide bonds. The monoisotopic (exact) mass is 394 g/mol. The summed E-state index contributed by atoms with van der Waals surface area (Å²) in [5.74, 6) is -1.78. The van der Waals surface area contributed by atoms with Crippen molar-refractivity contribution in [3.05, 3.63) is 70.8 Å². The van der Waals surface area contributed by atoms with Crippen LogP contribution in [0.3, 0.4) is 0 Å². The van der Waals surface area contributed by atoms with E-state index in [0.717, 1.165) is 24.0 Å². The Morgan fingerprint density at radius 1 is 0.724 bits per heavy atom. The highest BCUT2D eigenvalue weighted by Crippen LogP contribution is 2.48. The van der Waals surface area contributed by atoms with Crippen molar-refractivity contribution in [3.8, 4) is 0 Å². The molecule has 2 heterocycles. The van der Waals surface area contributed by atoms with Crippen LogP contribution in [0.1, 0.15) is 71.4 Å². The van der Waals surface area contributed by atoms with Crippen molar-refractivity contribution in [2.45, 2.75) is 51.1 Å². The van der Waals surface area contributed by atoms with E-state index < -0.39 is 11.6 Å². The van der Waals surface area contributed by atoms with Crippen LogP contribution in [0.5, 0.6) is 0 Å². The number of carbonyl (C=O) groups is 2. The maximum absolute atomic E-state index is 11.6. The van der Waals surface area contributed by atoms with Gasteiger partial charge in [0.25, 0.3) is 0 Å². The molecule has 2 saturated heterocycles. The van der Waals surface area contributed by atoms with Gasteiger partial charge in [0.1, 0.15) is 0 Å². The van der Waals surface area contributed by atoms with E-state index in [-0.39, 0.29) is 11.6 Å². The first-order chi connectivity index (χ1) is 13.9. The smallest absolute Gasteiger partial charge is 0.198 e. The Labute approximate surface area is 171 Å². The van der Waals surface area contributed by atoms with E-state index in [2.05, 4.69) is 0 Å². The number of ether oxygens (including phenoxy) is 3. The molecule has 0 radical (unpaired) electrons. The number of benzene rings is 2. The number of carbonyl (C=O) groups excluding carboxylic acids is 2. The summed E-state index contributed by atoms with van der Waals surface area (Å²) in [6, 6.07) is 14.9. The summed E-state index contributed by atoms with van der Waals surface area (Å²) in [4.78, 5) is 23.3. The van der Waals surface area contributed by atoms with E-state index in [4.69, 9.17) is 14.2 Å². The zero-order valence-electron chi connectivity index (χ0n) is 16.9. The van der Waals surface area contributed by atoms with Crippen molar-refractivity contribution >= 4 is 11.6 Å². The summed E-state index contributed by atoms with van der Waals surface area (Å²) in [5, 5.41) is 0. The van der Waals surface area contributed by atoms with Crippen molar-refractivity contribution in [1.82, 2.24) is 0 Å². The fraction of sp³-hybridized carbons (Fsp3) is 0.417. The Morgan fingerprint density at radius 2 is 1.10 bits per heavy atom. The third-order valence-corrected chi connectivity index (χ3v) is 5.76. The lowest BCUT2D eigenvalue weighted by atomic mass is 9.96. The lowest BCUT2D eigenvalue weighted by Gasteiger charge is -2.39. The molecule has 0 spiro atoms. The van der Waals surface area contributed by atoms with Crippen LogP contribution in [-0.4, -0.2) is 24.8 Å². The average molecular weight is 394 g/mol.